The Morgan fingerprint density at radius 1 is 1.27 bits per heavy atom. The molecule has 0 spiro atoms. The van der Waals surface area contributed by atoms with E-state index in [1.54, 1.807) is 0 Å². The van der Waals surface area contributed by atoms with Crippen LogP contribution in [0.2, 0.25) is 0 Å². The molecule has 0 rings (SSSR count). The van der Waals surface area contributed by atoms with Gasteiger partial charge in [-0.3, -0.25) is 0 Å². The molecule has 0 aliphatic heterocycles. The molecule has 1 atom stereocenters. The summed E-state index contributed by atoms with van der Waals surface area (Å²) in [5, 5.41) is 0. The van der Waals surface area contributed by atoms with Gasteiger partial charge < -0.3 is 15.2 Å². The molecule has 2 N–H and O–H groups in total. The second-order valence-corrected chi connectivity index (χ2v) is 2.13. The van der Waals surface area contributed by atoms with Crippen LogP contribution in [-0.4, -0.2) is 33.0 Å². The van der Waals surface area contributed by atoms with E-state index in [2.05, 4.69) is 9.47 Å². The molecule has 3 nitrogen and oxygen atoms in total. The first-order valence-electron chi connectivity index (χ1n) is 3.21. The molecule has 0 saturated heterocycles. The molecule has 1 unspecified atom stereocenters. The molecule has 0 bridgehead atoms. The smallest absolute Gasteiger partial charge is 0.240 e. The first-order chi connectivity index (χ1) is 5.11. The summed E-state index contributed by atoms with van der Waals surface area (Å²) in [5.74, 6) is 0. The molecule has 0 aromatic carbocycles. The first-order valence-corrected chi connectivity index (χ1v) is 3.21. The van der Waals surface area contributed by atoms with Crippen LogP contribution in [0, 0.1) is 0 Å². The van der Waals surface area contributed by atoms with Gasteiger partial charge >= 0.3 is 0 Å². The van der Waals surface area contributed by atoms with Crippen LogP contribution in [0.3, 0.4) is 0 Å². The van der Waals surface area contributed by atoms with Crippen LogP contribution in [0.4, 0.5) is 8.78 Å². The van der Waals surface area contributed by atoms with Gasteiger partial charge in [0.15, 0.2) is 6.29 Å². The van der Waals surface area contributed by atoms with Crippen molar-refractivity contribution in [2.45, 2.75) is 25.2 Å². The van der Waals surface area contributed by atoms with Crippen molar-refractivity contribution < 1.29 is 18.3 Å². The lowest BCUT2D eigenvalue weighted by molar-refractivity contribution is -0.123. The summed E-state index contributed by atoms with van der Waals surface area (Å²) in [6.07, 6.45) is -3.58. The van der Waals surface area contributed by atoms with Crippen molar-refractivity contribution in [1.29, 1.82) is 0 Å². The molecular formula is C6H13F2NO2. The number of nitrogens with two attached hydrogens (primary N) is 1. The summed E-state index contributed by atoms with van der Waals surface area (Å²) in [5.41, 5.74) is 5.31. The summed E-state index contributed by atoms with van der Waals surface area (Å²) < 4.78 is 32.8. The zero-order valence-corrected chi connectivity index (χ0v) is 6.59. The van der Waals surface area contributed by atoms with Gasteiger partial charge in [0, 0.05) is 20.6 Å². The van der Waals surface area contributed by atoms with Gasteiger partial charge in [-0.25, -0.2) is 8.78 Å². The van der Waals surface area contributed by atoms with E-state index < -0.39 is 25.2 Å². The molecule has 0 aromatic rings. The zero-order valence-electron chi connectivity index (χ0n) is 6.59. The Morgan fingerprint density at radius 3 is 2.00 bits per heavy atom. The van der Waals surface area contributed by atoms with Crippen molar-refractivity contribution in [1.82, 2.24) is 0 Å². The average Bonchev–Trinajstić information content (AvgIpc) is 1.88. The third-order valence-electron chi connectivity index (χ3n) is 1.26. The van der Waals surface area contributed by atoms with Crippen molar-refractivity contribution in [3.63, 3.8) is 0 Å². The molecule has 0 aliphatic carbocycles. The lowest BCUT2D eigenvalue weighted by Gasteiger charge is -2.20. The fraction of sp³-hybridized carbons (Fsp3) is 1.00. The van der Waals surface area contributed by atoms with Gasteiger partial charge in [0.1, 0.15) is 0 Å². The summed E-state index contributed by atoms with van der Waals surface area (Å²) in [7, 11) is 2.72. The van der Waals surface area contributed by atoms with E-state index in [1.807, 2.05) is 0 Å². The van der Waals surface area contributed by atoms with E-state index in [-0.39, 0.29) is 0 Å². The van der Waals surface area contributed by atoms with Crippen LogP contribution in [0.5, 0.6) is 0 Å². The summed E-state index contributed by atoms with van der Waals surface area (Å²) >= 11 is 0. The molecule has 0 aliphatic rings. The Bertz CT molecular complexity index is 98.6. The Labute approximate surface area is 64.5 Å². The van der Waals surface area contributed by atoms with Gasteiger partial charge in [0.05, 0.1) is 6.04 Å². The SMILES string of the molecule is COC(OC)C(N)CC(F)F. The third kappa shape index (κ3) is 4.23. The van der Waals surface area contributed by atoms with Crippen molar-refractivity contribution in [2.75, 3.05) is 14.2 Å². The first kappa shape index (κ1) is 10.7. The number of rotatable bonds is 5. The molecule has 11 heavy (non-hydrogen) atoms. The van der Waals surface area contributed by atoms with E-state index in [1.165, 1.54) is 14.2 Å². The number of hydrogen-bond donors (Lipinski definition) is 1. The zero-order chi connectivity index (χ0) is 8.85. The van der Waals surface area contributed by atoms with Gasteiger partial charge in [-0.1, -0.05) is 0 Å². The molecule has 5 heteroatoms. The fourth-order valence-electron chi connectivity index (χ4n) is 0.763. The van der Waals surface area contributed by atoms with E-state index in [0.29, 0.717) is 0 Å². The normalized spacial score (nSPS) is 14.5. The molecule has 0 heterocycles. The lowest BCUT2D eigenvalue weighted by atomic mass is 10.2. The fourth-order valence-corrected chi connectivity index (χ4v) is 0.763. The Hall–Kier alpha value is -0.260. The predicted molar refractivity (Wildman–Crippen MR) is 36.4 cm³/mol. The number of alkyl halides is 2. The lowest BCUT2D eigenvalue weighted by Crippen LogP contribution is -2.38. The molecule has 0 amide bonds. The topological polar surface area (TPSA) is 44.5 Å². The van der Waals surface area contributed by atoms with E-state index in [9.17, 15) is 8.78 Å². The van der Waals surface area contributed by atoms with Crippen LogP contribution >= 0.6 is 0 Å². The Kier molecular flexibility index (Phi) is 5.27. The third-order valence-corrected chi connectivity index (χ3v) is 1.26. The number of methoxy groups -OCH3 is 2. The monoisotopic (exact) mass is 169 g/mol. The highest BCUT2D eigenvalue weighted by atomic mass is 19.3. The van der Waals surface area contributed by atoms with Gasteiger partial charge in [-0.05, 0) is 0 Å². The van der Waals surface area contributed by atoms with Crippen LogP contribution in [0.15, 0.2) is 0 Å². The molecule has 0 aromatic heterocycles. The summed E-state index contributed by atoms with van der Waals surface area (Å²) in [6.45, 7) is 0. The minimum Gasteiger partial charge on any atom is -0.354 e. The highest BCUT2D eigenvalue weighted by molar-refractivity contribution is 4.66. The number of halogens is 2. The highest BCUT2D eigenvalue weighted by Crippen LogP contribution is 2.07. The molecule has 0 saturated carbocycles. The predicted octanol–water partition coefficient (Wildman–Crippen LogP) is 0.588. The second kappa shape index (κ2) is 5.40. The Balaban J connectivity index is 3.68. The minimum absolute atomic E-state index is 0.410. The highest BCUT2D eigenvalue weighted by Gasteiger charge is 2.20. The van der Waals surface area contributed by atoms with Crippen LogP contribution in [0.25, 0.3) is 0 Å². The van der Waals surface area contributed by atoms with E-state index in [4.69, 9.17) is 5.73 Å². The van der Waals surface area contributed by atoms with Gasteiger partial charge in [0.25, 0.3) is 0 Å². The van der Waals surface area contributed by atoms with Crippen LogP contribution < -0.4 is 5.73 Å². The van der Waals surface area contributed by atoms with Crippen LogP contribution in [0.1, 0.15) is 6.42 Å². The molecule has 0 fully saturated rings. The number of hydrogen-bond acceptors (Lipinski definition) is 3. The molecule has 68 valence electrons. The van der Waals surface area contributed by atoms with E-state index >= 15 is 0 Å². The standard InChI is InChI=1S/C6H13F2NO2/c1-10-6(11-2)4(9)3-5(7)8/h4-6H,3,9H2,1-2H3. The van der Waals surface area contributed by atoms with Crippen LogP contribution in [-0.2, 0) is 9.47 Å². The maximum absolute atomic E-state index is 11.7. The van der Waals surface area contributed by atoms with Gasteiger partial charge in [-0.15, -0.1) is 0 Å². The maximum Gasteiger partial charge on any atom is 0.240 e. The average molecular weight is 169 g/mol. The summed E-state index contributed by atoms with van der Waals surface area (Å²) in [6, 6.07) is -0.773. The quantitative estimate of drug-likeness (QED) is 0.612. The largest absolute Gasteiger partial charge is 0.354 e. The van der Waals surface area contributed by atoms with Gasteiger partial charge in [-0.2, -0.15) is 0 Å². The van der Waals surface area contributed by atoms with Crippen molar-refractivity contribution in [3.05, 3.63) is 0 Å². The minimum atomic E-state index is -2.42. The number of ether oxygens (including phenoxy) is 2. The van der Waals surface area contributed by atoms with Crippen molar-refractivity contribution >= 4 is 0 Å². The van der Waals surface area contributed by atoms with Crippen molar-refractivity contribution in [3.8, 4) is 0 Å². The summed E-state index contributed by atoms with van der Waals surface area (Å²) in [4.78, 5) is 0. The Morgan fingerprint density at radius 2 is 1.73 bits per heavy atom. The molecule has 0 radical (unpaired) electrons. The van der Waals surface area contributed by atoms with Gasteiger partial charge in [0.2, 0.25) is 6.43 Å². The maximum atomic E-state index is 11.7. The second-order valence-electron chi connectivity index (χ2n) is 2.13. The van der Waals surface area contributed by atoms with Crippen molar-refractivity contribution in [2.24, 2.45) is 5.73 Å². The van der Waals surface area contributed by atoms with E-state index in [0.717, 1.165) is 0 Å². The molecular weight excluding hydrogens is 156 g/mol.